The Morgan fingerprint density at radius 2 is 1.96 bits per heavy atom. The first-order valence-electron chi connectivity index (χ1n) is 7.62. The number of methoxy groups -OCH3 is 1. The summed E-state index contributed by atoms with van der Waals surface area (Å²) in [6.45, 7) is 3.55. The van der Waals surface area contributed by atoms with Gasteiger partial charge in [-0.3, -0.25) is 10.4 Å². The number of nitrogens with one attached hydrogen (secondary N) is 3. The van der Waals surface area contributed by atoms with Crippen LogP contribution < -0.4 is 15.4 Å². The molecule has 3 aromatic rings. The summed E-state index contributed by atoms with van der Waals surface area (Å²) in [4.78, 5) is 12.1. The molecule has 0 unspecified atom stereocenters. The predicted molar refractivity (Wildman–Crippen MR) is 91.3 cm³/mol. The van der Waals surface area contributed by atoms with E-state index in [1.165, 1.54) is 7.11 Å². The average molecular weight is 362 g/mol. The van der Waals surface area contributed by atoms with Crippen molar-refractivity contribution in [2.24, 2.45) is 0 Å². The zero-order valence-corrected chi connectivity index (χ0v) is 14.2. The lowest BCUT2D eigenvalue weighted by Gasteiger charge is -2.09. The molecule has 9 heteroatoms. The number of aromatic nitrogens is 2. The number of anilines is 2. The van der Waals surface area contributed by atoms with Gasteiger partial charge >= 0.3 is 6.03 Å². The minimum Gasteiger partial charge on any atom is -0.494 e. The fraction of sp³-hybridized carbons (Fsp3) is 0.176. The van der Waals surface area contributed by atoms with Gasteiger partial charge in [-0.05, 0) is 26.0 Å². The van der Waals surface area contributed by atoms with E-state index in [0.29, 0.717) is 17.0 Å². The van der Waals surface area contributed by atoms with E-state index in [4.69, 9.17) is 4.42 Å². The van der Waals surface area contributed by atoms with Gasteiger partial charge in [0.15, 0.2) is 29.0 Å². The van der Waals surface area contributed by atoms with E-state index < -0.39 is 17.7 Å². The molecule has 0 radical (unpaired) electrons. The molecule has 136 valence electrons. The molecule has 0 atom stereocenters. The van der Waals surface area contributed by atoms with Crippen LogP contribution in [0.4, 0.5) is 25.1 Å². The molecule has 26 heavy (non-hydrogen) atoms. The molecule has 0 aliphatic heterocycles. The number of aryl methyl sites for hydroxylation is 1. The van der Waals surface area contributed by atoms with Gasteiger partial charge in [-0.2, -0.15) is 5.10 Å². The Morgan fingerprint density at radius 3 is 2.62 bits per heavy atom. The summed E-state index contributed by atoms with van der Waals surface area (Å²) in [6, 6.07) is 4.49. The molecule has 3 N–H and O–H groups in total. The van der Waals surface area contributed by atoms with Crippen LogP contribution in [-0.2, 0) is 0 Å². The molecule has 2 amide bonds. The normalized spacial score (nSPS) is 10.7. The number of amides is 2. The van der Waals surface area contributed by atoms with E-state index in [-0.39, 0.29) is 17.3 Å². The van der Waals surface area contributed by atoms with Gasteiger partial charge in [0.25, 0.3) is 0 Å². The molecule has 3 rings (SSSR count). The fourth-order valence-corrected chi connectivity index (χ4v) is 2.37. The molecule has 0 aliphatic rings. The maximum atomic E-state index is 13.9. The van der Waals surface area contributed by atoms with Crippen LogP contribution in [0.15, 0.2) is 28.7 Å². The van der Waals surface area contributed by atoms with Gasteiger partial charge in [0.2, 0.25) is 0 Å². The van der Waals surface area contributed by atoms with Crippen LogP contribution in [-0.4, -0.2) is 23.3 Å². The van der Waals surface area contributed by atoms with E-state index in [0.717, 1.165) is 17.9 Å². The van der Waals surface area contributed by atoms with Crippen LogP contribution in [0, 0.1) is 25.5 Å². The third-order valence-corrected chi connectivity index (χ3v) is 3.72. The third kappa shape index (κ3) is 3.37. The lowest BCUT2D eigenvalue weighted by molar-refractivity contribution is 0.262. The van der Waals surface area contributed by atoms with Crippen LogP contribution in [0.3, 0.4) is 0 Å². The van der Waals surface area contributed by atoms with Gasteiger partial charge in [-0.1, -0.05) is 0 Å². The van der Waals surface area contributed by atoms with Crippen LogP contribution in [0.2, 0.25) is 0 Å². The molecular weight excluding hydrogens is 346 g/mol. The second-order valence-electron chi connectivity index (χ2n) is 5.53. The standard InChI is InChI=1S/C17H16F2N4O3/c1-8-4-5-13(26-8)15-9(2)16(23-22-15)21-17(24)20-12-6-11(19)14(25-3)7-10(12)18/h4-7H,1-3H3,(H3,20,21,22,23,24). The number of carbonyl (C=O) groups excluding carboxylic acids is 1. The lowest BCUT2D eigenvalue weighted by atomic mass is 10.2. The number of halogens is 2. The summed E-state index contributed by atoms with van der Waals surface area (Å²) >= 11 is 0. The third-order valence-electron chi connectivity index (χ3n) is 3.72. The van der Waals surface area contributed by atoms with E-state index in [9.17, 15) is 13.6 Å². The topological polar surface area (TPSA) is 92.2 Å². The zero-order valence-electron chi connectivity index (χ0n) is 14.2. The number of urea groups is 1. The Labute approximate surface area is 147 Å². The molecule has 0 saturated carbocycles. The predicted octanol–water partition coefficient (Wildman–Crippen LogP) is 4.22. The fourth-order valence-electron chi connectivity index (χ4n) is 2.37. The quantitative estimate of drug-likeness (QED) is 0.648. The number of furan rings is 1. The van der Waals surface area contributed by atoms with Gasteiger partial charge in [0.1, 0.15) is 11.5 Å². The van der Waals surface area contributed by atoms with Crippen molar-refractivity contribution in [3.63, 3.8) is 0 Å². The maximum Gasteiger partial charge on any atom is 0.324 e. The maximum absolute atomic E-state index is 13.9. The Kier molecular flexibility index (Phi) is 4.61. The van der Waals surface area contributed by atoms with Crippen molar-refractivity contribution in [1.82, 2.24) is 10.2 Å². The van der Waals surface area contributed by atoms with Gasteiger partial charge in [0, 0.05) is 17.7 Å². The summed E-state index contributed by atoms with van der Waals surface area (Å²) < 4.78 is 37.8. The van der Waals surface area contributed by atoms with Crippen molar-refractivity contribution in [1.29, 1.82) is 0 Å². The Balaban J connectivity index is 1.75. The van der Waals surface area contributed by atoms with E-state index in [1.807, 2.05) is 6.92 Å². The number of H-pyrrole nitrogens is 1. The summed E-state index contributed by atoms with van der Waals surface area (Å²) in [5, 5.41) is 11.5. The van der Waals surface area contributed by atoms with Crippen molar-refractivity contribution < 1.29 is 22.7 Å². The van der Waals surface area contributed by atoms with Crippen LogP contribution in [0.25, 0.3) is 11.5 Å². The number of carbonyl (C=O) groups is 1. The van der Waals surface area contributed by atoms with Crippen molar-refractivity contribution in [2.45, 2.75) is 13.8 Å². The highest BCUT2D eigenvalue weighted by molar-refractivity contribution is 6.00. The summed E-state index contributed by atoms with van der Waals surface area (Å²) in [5.74, 6) is -0.335. The smallest absolute Gasteiger partial charge is 0.324 e. The Hall–Kier alpha value is -3.36. The van der Waals surface area contributed by atoms with Gasteiger partial charge < -0.3 is 14.5 Å². The highest BCUT2D eigenvalue weighted by Gasteiger charge is 2.17. The van der Waals surface area contributed by atoms with Crippen LogP contribution in [0.5, 0.6) is 5.75 Å². The second-order valence-corrected chi connectivity index (χ2v) is 5.53. The molecular formula is C17H16F2N4O3. The van der Waals surface area contributed by atoms with E-state index >= 15 is 0 Å². The SMILES string of the molecule is COc1cc(F)c(NC(=O)Nc2n[nH]c(-c3ccc(C)o3)c2C)cc1F. The number of rotatable bonds is 4. The molecule has 1 aromatic carbocycles. The van der Waals surface area contributed by atoms with Gasteiger partial charge in [-0.15, -0.1) is 0 Å². The van der Waals surface area contributed by atoms with Crippen molar-refractivity contribution in [2.75, 3.05) is 17.7 Å². The summed E-state index contributed by atoms with van der Waals surface area (Å²) in [7, 11) is 1.22. The minimum atomic E-state index is -0.830. The van der Waals surface area contributed by atoms with Crippen molar-refractivity contribution in [3.05, 3.63) is 47.2 Å². The summed E-state index contributed by atoms with van der Waals surface area (Å²) in [6.07, 6.45) is 0. The monoisotopic (exact) mass is 362 g/mol. The second kappa shape index (κ2) is 6.87. The number of aromatic amines is 1. The number of benzene rings is 1. The lowest BCUT2D eigenvalue weighted by Crippen LogP contribution is -2.21. The Bertz CT molecular complexity index is 965. The average Bonchev–Trinajstić information content (AvgIpc) is 3.17. The van der Waals surface area contributed by atoms with Gasteiger partial charge in [-0.25, -0.2) is 13.6 Å². The highest BCUT2D eigenvalue weighted by Crippen LogP contribution is 2.28. The van der Waals surface area contributed by atoms with Crippen LogP contribution in [0.1, 0.15) is 11.3 Å². The first-order chi connectivity index (χ1) is 12.4. The molecule has 7 nitrogen and oxygen atoms in total. The van der Waals surface area contributed by atoms with Crippen molar-refractivity contribution >= 4 is 17.5 Å². The number of hydrogen-bond acceptors (Lipinski definition) is 4. The number of hydrogen-bond donors (Lipinski definition) is 3. The first-order valence-corrected chi connectivity index (χ1v) is 7.62. The zero-order chi connectivity index (χ0) is 18.8. The Morgan fingerprint density at radius 1 is 1.19 bits per heavy atom. The number of nitrogens with zero attached hydrogens (tertiary/aromatic N) is 1. The first kappa shape index (κ1) is 17.5. The van der Waals surface area contributed by atoms with E-state index in [2.05, 4.69) is 25.6 Å². The highest BCUT2D eigenvalue weighted by atomic mass is 19.1. The largest absolute Gasteiger partial charge is 0.494 e. The molecule has 0 aliphatic carbocycles. The van der Waals surface area contributed by atoms with Gasteiger partial charge in [0.05, 0.1) is 12.8 Å². The summed E-state index contributed by atoms with van der Waals surface area (Å²) in [5.41, 5.74) is 0.918. The van der Waals surface area contributed by atoms with Crippen molar-refractivity contribution in [3.8, 4) is 17.2 Å². The molecule has 2 heterocycles. The van der Waals surface area contributed by atoms with Crippen LogP contribution >= 0.6 is 0 Å². The molecule has 0 spiro atoms. The molecule has 0 bridgehead atoms. The molecule has 0 fully saturated rings. The molecule has 2 aromatic heterocycles. The number of ether oxygens (including phenoxy) is 1. The molecule has 0 saturated heterocycles. The minimum absolute atomic E-state index is 0.237. The van der Waals surface area contributed by atoms with E-state index in [1.54, 1.807) is 19.1 Å².